The van der Waals surface area contributed by atoms with Gasteiger partial charge in [-0.3, -0.25) is 0 Å². The summed E-state index contributed by atoms with van der Waals surface area (Å²) in [4.78, 5) is 1.59. The normalized spacial score (nSPS) is 17.0. The van der Waals surface area contributed by atoms with Gasteiger partial charge in [-0.25, -0.2) is 0 Å². The Morgan fingerprint density at radius 1 is 1.13 bits per heavy atom. The van der Waals surface area contributed by atoms with Crippen molar-refractivity contribution >= 4 is 17.3 Å². The number of nitrogens with one attached hydrogen (secondary N) is 3. The van der Waals surface area contributed by atoms with Crippen LogP contribution in [0.25, 0.3) is 0 Å². The van der Waals surface area contributed by atoms with Crippen LogP contribution in [-0.2, 0) is 0 Å². The van der Waals surface area contributed by atoms with Crippen molar-refractivity contribution in [1.29, 1.82) is 0 Å². The van der Waals surface area contributed by atoms with Crippen LogP contribution in [-0.4, -0.2) is 30.8 Å². The Morgan fingerprint density at radius 2 is 1.78 bits per heavy atom. The van der Waals surface area contributed by atoms with E-state index in [9.17, 15) is 0 Å². The number of hydrogen-bond acceptors (Lipinski definition) is 1. The third-order valence-electron chi connectivity index (χ3n) is 5.01. The summed E-state index contributed by atoms with van der Waals surface area (Å²) in [7, 11) is 0. The molecule has 3 nitrogen and oxygen atoms in total. The zero-order chi connectivity index (χ0) is 16.5. The van der Waals surface area contributed by atoms with Gasteiger partial charge in [-0.2, -0.15) is 0 Å². The smallest absolute Gasteiger partial charge is 0.166 e. The van der Waals surface area contributed by atoms with Crippen LogP contribution in [0.3, 0.4) is 0 Å². The molecule has 0 aliphatic heterocycles. The molecule has 4 heteroatoms. The van der Waals surface area contributed by atoms with Crippen LogP contribution >= 0.6 is 12.2 Å². The van der Waals surface area contributed by atoms with Crippen molar-refractivity contribution in [1.82, 2.24) is 10.6 Å². The first kappa shape index (κ1) is 18.2. The first-order valence-electron chi connectivity index (χ1n) is 9.18. The molecule has 1 aromatic carbocycles. The first-order chi connectivity index (χ1) is 11.2. The average molecular weight is 335 g/mol. The quantitative estimate of drug-likeness (QED) is 0.669. The van der Waals surface area contributed by atoms with Gasteiger partial charge in [0.2, 0.25) is 0 Å². The zero-order valence-electron chi connectivity index (χ0n) is 14.6. The number of quaternary nitrogens is 1. The summed E-state index contributed by atoms with van der Waals surface area (Å²) in [6, 6.07) is 11.8. The van der Waals surface area contributed by atoms with Gasteiger partial charge < -0.3 is 15.5 Å². The fourth-order valence-corrected chi connectivity index (χ4v) is 3.85. The predicted octanol–water partition coefficient (Wildman–Crippen LogP) is 2.45. The van der Waals surface area contributed by atoms with Gasteiger partial charge in [0.25, 0.3) is 0 Å². The van der Waals surface area contributed by atoms with Gasteiger partial charge in [0, 0.05) is 11.6 Å². The van der Waals surface area contributed by atoms with Gasteiger partial charge in [0.05, 0.1) is 19.6 Å². The summed E-state index contributed by atoms with van der Waals surface area (Å²) in [6.07, 6.45) is 6.54. The van der Waals surface area contributed by atoms with Gasteiger partial charge in [-0.1, -0.05) is 49.6 Å². The van der Waals surface area contributed by atoms with Gasteiger partial charge >= 0.3 is 0 Å². The van der Waals surface area contributed by atoms with Crippen molar-refractivity contribution in [3.63, 3.8) is 0 Å². The first-order valence-corrected chi connectivity index (χ1v) is 9.59. The molecule has 128 valence electrons. The van der Waals surface area contributed by atoms with E-state index >= 15 is 0 Å². The molecule has 1 aromatic rings. The maximum atomic E-state index is 5.53. The molecule has 1 fully saturated rings. The molecule has 0 bridgehead atoms. The minimum atomic E-state index is 0.442. The van der Waals surface area contributed by atoms with E-state index in [-0.39, 0.29) is 0 Å². The number of rotatable bonds is 7. The van der Waals surface area contributed by atoms with Crippen LogP contribution in [0.4, 0.5) is 0 Å². The molecule has 1 aliphatic carbocycles. The third-order valence-corrected chi connectivity index (χ3v) is 5.27. The van der Waals surface area contributed by atoms with E-state index in [1.807, 2.05) is 0 Å². The van der Waals surface area contributed by atoms with E-state index in [0.717, 1.165) is 24.7 Å². The fourth-order valence-electron chi connectivity index (χ4n) is 3.60. The molecular weight excluding hydrogens is 302 g/mol. The average Bonchev–Trinajstić information content (AvgIpc) is 2.60. The number of benzene rings is 1. The standard InChI is InChI=1S/C19H31N3S/c1-3-22(4-2)18(16-11-7-5-8-12-16)15-20-19(23)21-17-13-9-6-10-14-17/h5,7-8,11-12,17-18H,3-4,6,9-10,13-15H2,1-2H3,(H2,20,21,23)/p+1/t18-/m1/s1. The molecule has 3 N–H and O–H groups in total. The maximum Gasteiger partial charge on any atom is 0.166 e. The minimum absolute atomic E-state index is 0.442. The Bertz CT molecular complexity index is 453. The predicted molar refractivity (Wildman–Crippen MR) is 102 cm³/mol. The summed E-state index contributed by atoms with van der Waals surface area (Å²) in [6.45, 7) is 7.65. The molecule has 0 heterocycles. The summed E-state index contributed by atoms with van der Waals surface area (Å²) in [5, 5.41) is 7.81. The Balaban J connectivity index is 1.91. The van der Waals surface area contributed by atoms with Crippen LogP contribution in [0.2, 0.25) is 0 Å². The van der Waals surface area contributed by atoms with Crippen LogP contribution < -0.4 is 15.5 Å². The highest BCUT2D eigenvalue weighted by Crippen LogP contribution is 2.17. The zero-order valence-corrected chi connectivity index (χ0v) is 15.4. The second kappa shape index (κ2) is 9.89. The van der Waals surface area contributed by atoms with E-state index in [1.165, 1.54) is 37.7 Å². The van der Waals surface area contributed by atoms with Crippen molar-refractivity contribution in [3.8, 4) is 0 Å². The molecule has 1 atom stereocenters. The van der Waals surface area contributed by atoms with Crippen LogP contribution in [0.5, 0.6) is 0 Å². The summed E-state index contributed by atoms with van der Waals surface area (Å²) in [5.74, 6) is 0. The third kappa shape index (κ3) is 5.78. The second-order valence-electron chi connectivity index (χ2n) is 6.52. The lowest BCUT2D eigenvalue weighted by Crippen LogP contribution is -3.12. The summed E-state index contributed by atoms with van der Waals surface area (Å²) >= 11 is 5.53. The van der Waals surface area contributed by atoms with Crippen molar-refractivity contribution in [2.75, 3.05) is 19.6 Å². The molecule has 2 rings (SSSR count). The summed E-state index contributed by atoms with van der Waals surface area (Å²) in [5.41, 5.74) is 1.39. The molecular formula is C19H32N3S+. The lowest BCUT2D eigenvalue weighted by atomic mass is 9.96. The molecule has 1 saturated carbocycles. The molecule has 1 aliphatic rings. The van der Waals surface area contributed by atoms with Gasteiger partial charge in [-0.05, 0) is 38.9 Å². The Kier molecular flexibility index (Phi) is 7.83. The monoisotopic (exact) mass is 334 g/mol. The van der Waals surface area contributed by atoms with Crippen molar-refractivity contribution in [2.24, 2.45) is 0 Å². The lowest BCUT2D eigenvalue weighted by Gasteiger charge is -2.29. The van der Waals surface area contributed by atoms with Gasteiger partial charge in [-0.15, -0.1) is 0 Å². The second-order valence-corrected chi connectivity index (χ2v) is 6.93. The van der Waals surface area contributed by atoms with Crippen LogP contribution in [0, 0.1) is 0 Å². The van der Waals surface area contributed by atoms with Gasteiger partial charge in [0.15, 0.2) is 5.11 Å². The highest BCUT2D eigenvalue weighted by atomic mass is 32.1. The highest BCUT2D eigenvalue weighted by molar-refractivity contribution is 7.80. The molecule has 0 spiro atoms. The van der Waals surface area contributed by atoms with Crippen molar-refractivity contribution in [3.05, 3.63) is 35.9 Å². The van der Waals surface area contributed by atoms with Crippen LogP contribution in [0.1, 0.15) is 57.6 Å². The molecule has 0 aromatic heterocycles. The van der Waals surface area contributed by atoms with Gasteiger partial charge in [0.1, 0.15) is 6.04 Å². The molecule has 0 radical (unpaired) electrons. The maximum absolute atomic E-state index is 5.53. The number of hydrogen-bond donors (Lipinski definition) is 3. The fraction of sp³-hybridized carbons (Fsp3) is 0.632. The SMILES string of the molecule is CC[NH+](CC)[C@H](CNC(=S)NC1CCCCC1)c1ccccc1. The van der Waals surface area contributed by atoms with E-state index in [1.54, 1.807) is 4.90 Å². The topological polar surface area (TPSA) is 28.5 Å². The van der Waals surface area contributed by atoms with Crippen molar-refractivity contribution in [2.45, 2.75) is 58.0 Å². The van der Waals surface area contributed by atoms with E-state index in [4.69, 9.17) is 12.2 Å². The number of thiocarbonyl (C=S) groups is 1. The molecule has 0 saturated heterocycles. The van der Waals surface area contributed by atoms with Crippen molar-refractivity contribution < 1.29 is 4.90 Å². The number of likely N-dealkylation sites (N-methyl/N-ethyl adjacent to an activating group) is 1. The molecule has 0 amide bonds. The van der Waals surface area contributed by atoms with E-state index in [0.29, 0.717) is 12.1 Å². The molecule has 23 heavy (non-hydrogen) atoms. The van der Waals surface area contributed by atoms with Crippen LogP contribution in [0.15, 0.2) is 30.3 Å². The van der Waals surface area contributed by atoms with E-state index in [2.05, 4.69) is 54.8 Å². The minimum Gasteiger partial charge on any atom is -0.360 e. The Hall–Kier alpha value is -1.13. The molecule has 0 unspecified atom stereocenters. The summed E-state index contributed by atoms with van der Waals surface area (Å²) < 4.78 is 0. The Labute approximate surface area is 146 Å². The van der Waals surface area contributed by atoms with E-state index < -0.39 is 0 Å². The highest BCUT2D eigenvalue weighted by Gasteiger charge is 2.22. The largest absolute Gasteiger partial charge is 0.360 e. The Morgan fingerprint density at radius 3 is 2.39 bits per heavy atom. The lowest BCUT2D eigenvalue weighted by molar-refractivity contribution is -0.927.